The first-order valence-electron chi connectivity index (χ1n) is 5.01. The minimum absolute atomic E-state index is 0.322. The monoisotopic (exact) mass is 238 g/mol. The Bertz CT molecular complexity index is 408. The molecule has 0 aliphatic carbocycles. The molecule has 1 rings (SSSR count). The van der Waals surface area contributed by atoms with Crippen molar-refractivity contribution in [2.45, 2.75) is 20.8 Å². The van der Waals surface area contributed by atoms with Gasteiger partial charge in [0.25, 0.3) is 11.1 Å². The van der Waals surface area contributed by atoms with Crippen LogP contribution < -0.4 is 5.32 Å². The standard InChI is InChI=1S/C11H14N2O2S/c1-4-8(7(3)12-5-2)6-9-10(14)13-11(15)16-9/h4,6H,5H2,1-3H3,(H,13,14,15)/b8-4-,9-6-,12-7?. The second kappa shape index (κ2) is 5.65. The first-order chi connectivity index (χ1) is 7.58. The third-order valence-electron chi connectivity index (χ3n) is 2.05. The molecule has 0 atom stereocenters. The van der Waals surface area contributed by atoms with Crippen LogP contribution in [-0.2, 0) is 4.79 Å². The highest BCUT2D eigenvalue weighted by molar-refractivity contribution is 8.18. The molecule has 2 amide bonds. The largest absolute Gasteiger partial charge is 0.290 e. The van der Waals surface area contributed by atoms with E-state index in [0.29, 0.717) is 11.4 Å². The van der Waals surface area contributed by atoms with Crippen LogP contribution in [0.3, 0.4) is 0 Å². The van der Waals surface area contributed by atoms with Gasteiger partial charge in [-0.15, -0.1) is 0 Å². The number of imide groups is 1. The molecule has 0 aromatic heterocycles. The zero-order valence-corrected chi connectivity index (χ0v) is 10.4. The molecule has 5 heteroatoms. The van der Waals surface area contributed by atoms with Crippen LogP contribution in [0.5, 0.6) is 0 Å². The molecular weight excluding hydrogens is 224 g/mol. The Balaban J connectivity index is 2.93. The number of amides is 2. The van der Waals surface area contributed by atoms with E-state index in [1.807, 2.05) is 26.8 Å². The summed E-state index contributed by atoms with van der Waals surface area (Å²) >= 11 is 0.919. The van der Waals surface area contributed by atoms with Crippen molar-refractivity contribution in [3.8, 4) is 0 Å². The van der Waals surface area contributed by atoms with Crippen LogP contribution in [0.4, 0.5) is 4.79 Å². The number of rotatable bonds is 3. The van der Waals surface area contributed by atoms with Gasteiger partial charge >= 0.3 is 0 Å². The Hall–Kier alpha value is -1.36. The van der Waals surface area contributed by atoms with Gasteiger partial charge in [-0.1, -0.05) is 6.08 Å². The Morgan fingerprint density at radius 1 is 1.50 bits per heavy atom. The second-order valence-electron chi connectivity index (χ2n) is 3.16. The summed E-state index contributed by atoms with van der Waals surface area (Å²) in [7, 11) is 0. The number of thioether (sulfide) groups is 1. The lowest BCUT2D eigenvalue weighted by Gasteiger charge is -2.01. The van der Waals surface area contributed by atoms with E-state index < -0.39 is 0 Å². The maximum Gasteiger partial charge on any atom is 0.290 e. The van der Waals surface area contributed by atoms with E-state index in [0.717, 1.165) is 23.0 Å². The molecule has 0 aromatic rings. The zero-order chi connectivity index (χ0) is 12.1. The minimum Gasteiger partial charge on any atom is -0.290 e. The average molecular weight is 238 g/mol. The smallest absolute Gasteiger partial charge is 0.290 e. The molecular formula is C11H14N2O2S. The topological polar surface area (TPSA) is 58.5 Å². The molecule has 0 spiro atoms. The highest BCUT2D eigenvalue weighted by Gasteiger charge is 2.25. The first-order valence-corrected chi connectivity index (χ1v) is 5.82. The maximum atomic E-state index is 11.3. The fraction of sp³-hybridized carbons (Fsp3) is 0.364. The zero-order valence-electron chi connectivity index (χ0n) is 9.53. The Morgan fingerprint density at radius 3 is 2.62 bits per heavy atom. The number of allylic oxidation sites excluding steroid dienone is 3. The molecule has 4 nitrogen and oxygen atoms in total. The quantitative estimate of drug-likeness (QED) is 0.606. The summed E-state index contributed by atoms with van der Waals surface area (Å²) in [6.07, 6.45) is 3.57. The van der Waals surface area contributed by atoms with Crippen LogP contribution >= 0.6 is 11.8 Å². The van der Waals surface area contributed by atoms with Crippen molar-refractivity contribution in [2.75, 3.05) is 6.54 Å². The Labute approximate surface area is 98.9 Å². The molecule has 16 heavy (non-hydrogen) atoms. The summed E-state index contributed by atoms with van der Waals surface area (Å²) in [6.45, 7) is 6.41. The van der Waals surface area contributed by atoms with Gasteiger partial charge in [-0.2, -0.15) is 0 Å². The molecule has 0 unspecified atom stereocenters. The lowest BCUT2D eigenvalue weighted by atomic mass is 10.1. The van der Waals surface area contributed by atoms with Crippen molar-refractivity contribution in [3.63, 3.8) is 0 Å². The number of carbonyl (C=O) groups excluding carboxylic acids is 2. The van der Waals surface area contributed by atoms with E-state index in [4.69, 9.17) is 0 Å². The van der Waals surface area contributed by atoms with Crippen molar-refractivity contribution in [1.29, 1.82) is 0 Å². The molecule has 0 radical (unpaired) electrons. The van der Waals surface area contributed by atoms with Crippen molar-refractivity contribution < 1.29 is 9.59 Å². The van der Waals surface area contributed by atoms with Crippen molar-refractivity contribution >= 4 is 28.6 Å². The first kappa shape index (κ1) is 12.7. The van der Waals surface area contributed by atoms with Crippen molar-refractivity contribution in [3.05, 3.63) is 22.6 Å². The molecule has 0 saturated carbocycles. The lowest BCUT2D eigenvalue weighted by molar-refractivity contribution is -0.115. The summed E-state index contributed by atoms with van der Waals surface area (Å²) in [5.74, 6) is -0.335. The molecule has 1 saturated heterocycles. The third kappa shape index (κ3) is 3.06. The van der Waals surface area contributed by atoms with E-state index >= 15 is 0 Å². The third-order valence-corrected chi connectivity index (χ3v) is 2.86. The van der Waals surface area contributed by atoms with Gasteiger partial charge in [-0.3, -0.25) is 19.9 Å². The fourth-order valence-corrected chi connectivity index (χ4v) is 1.96. The van der Waals surface area contributed by atoms with Crippen LogP contribution in [0, 0.1) is 0 Å². The number of carbonyl (C=O) groups is 2. The van der Waals surface area contributed by atoms with Gasteiger partial charge in [0.05, 0.1) is 4.91 Å². The van der Waals surface area contributed by atoms with Gasteiger partial charge in [0, 0.05) is 12.3 Å². The maximum absolute atomic E-state index is 11.3. The minimum atomic E-state index is -0.335. The number of nitrogens with zero attached hydrogens (tertiary/aromatic N) is 1. The van der Waals surface area contributed by atoms with Gasteiger partial charge in [0.2, 0.25) is 0 Å². The summed E-state index contributed by atoms with van der Waals surface area (Å²) in [5.41, 5.74) is 1.74. The highest BCUT2D eigenvalue weighted by atomic mass is 32.2. The van der Waals surface area contributed by atoms with Crippen LogP contribution in [0.1, 0.15) is 20.8 Å². The van der Waals surface area contributed by atoms with Gasteiger partial charge in [-0.25, -0.2) is 0 Å². The van der Waals surface area contributed by atoms with Gasteiger partial charge in [0.15, 0.2) is 0 Å². The molecule has 1 aliphatic heterocycles. The fourth-order valence-electron chi connectivity index (χ4n) is 1.29. The lowest BCUT2D eigenvalue weighted by Crippen LogP contribution is -2.18. The summed E-state index contributed by atoms with van der Waals surface area (Å²) in [4.78, 5) is 27.0. The Kier molecular flexibility index (Phi) is 4.49. The molecule has 1 heterocycles. The van der Waals surface area contributed by atoms with E-state index in [2.05, 4.69) is 10.3 Å². The van der Waals surface area contributed by atoms with Crippen LogP contribution in [0.25, 0.3) is 0 Å². The van der Waals surface area contributed by atoms with Crippen LogP contribution in [0.2, 0.25) is 0 Å². The summed E-state index contributed by atoms with van der Waals surface area (Å²) in [6, 6.07) is 0. The predicted octanol–water partition coefficient (Wildman–Crippen LogP) is 2.28. The highest BCUT2D eigenvalue weighted by Crippen LogP contribution is 2.24. The summed E-state index contributed by atoms with van der Waals surface area (Å²) < 4.78 is 0. The van der Waals surface area contributed by atoms with Gasteiger partial charge in [-0.05, 0) is 44.2 Å². The van der Waals surface area contributed by atoms with Crippen molar-refractivity contribution in [2.24, 2.45) is 4.99 Å². The average Bonchev–Trinajstić information content (AvgIpc) is 2.54. The van der Waals surface area contributed by atoms with E-state index in [1.165, 1.54) is 0 Å². The molecule has 0 bridgehead atoms. The van der Waals surface area contributed by atoms with E-state index in [1.54, 1.807) is 6.08 Å². The van der Waals surface area contributed by atoms with Gasteiger partial charge in [0.1, 0.15) is 0 Å². The second-order valence-corrected chi connectivity index (χ2v) is 4.17. The summed E-state index contributed by atoms with van der Waals surface area (Å²) in [5, 5.41) is 1.89. The van der Waals surface area contributed by atoms with Gasteiger partial charge < -0.3 is 0 Å². The number of hydrogen-bond donors (Lipinski definition) is 1. The van der Waals surface area contributed by atoms with Crippen LogP contribution in [-0.4, -0.2) is 23.4 Å². The molecule has 86 valence electrons. The number of aliphatic imine (C=N–C) groups is 1. The molecule has 1 aliphatic rings. The van der Waals surface area contributed by atoms with Crippen LogP contribution in [0.15, 0.2) is 27.6 Å². The Morgan fingerprint density at radius 2 is 2.19 bits per heavy atom. The molecule has 1 N–H and O–H groups in total. The van der Waals surface area contributed by atoms with Crippen molar-refractivity contribution in [1.82, 2.24) is 5.32 Å². The molecule has 1 fully saturated rings. The number of nitrogens with one attached hydrogen (secondary N) is 1. The normalized spacial score (nSPS) is 20.6. The SMILES string of the molecule is C/C=C(/C=C1\SC(=O)NC1=O)C(C)=NCC. The number of hydrogen-bond acceptors (Lipinski definition) is 4. The van der Waals surface area contributed by atoms with E-state index in [9.17, 15) is 9.59 Å². The predicted molar refractivity (Wildman–Crippen MR) is 66.6 cm³/mol. The molecule has 0 aromatic carbocycles. The van der Waals surface area contributed by atoms with E-state index in [-0.39, 0.29) is 11.1 Å².